The van der Waals surface area contributed by atoms with Crippen LogP contribution in [0.2, 0.25) is 0 Å². The van der Waals surface area contributed by atoms with Crippen molar-refractivity contribution in [1.82, 2.24) is 9.97 Å². The SMILES string of the molecule is CCN(Cc1ccccc1)c1nc(C)cc(C(N)=S)n1. The fraction of sp³-hybridized carbons (Fsp3) is 0.267. The first kappa shape index (κ1) is 14.4. The van der Waals surface area contributed by atoms with Gasteiger partial charge in [-0.2, -0.15) is 0 Å². The maximum absolute atomic E-state index is 5.67. The van der Waals surface area contributed by atoms with Gasteiger partial charge in [-0.3, -0.25) is 0 Å². The number of nitrogens with zero attached hydrogens (tertiary/aromatic N) is 3. The summed E-state index contributed by atoms with van der Waals surface area (Å²) in [5.41, 5.74) is 8.37. The lowest BCUT2D eigenvalue weighted by Gasteiger charge is -2.21. The van der Waals surface area contributed by atoms with Gasteiger partial charge in [0.25, 0.3) is 0 Å². The first-order valence-electron chi connectivity index (χ1n) is 6.54. The molecule has 0 radical (unpaired) electrons. The van der Waals surface area contributed by atoms with Gasteiger partial charge in [-0.1, -0.05) is 42.5 Å². The van der Waals surface area contributed by atoms with Gasteiger partial charge in [0, 0.05) is 18.8 Å². The minimum Gasteiger partial charge on any atom is -0.388 e. The van der Waals surface area contributed by atoms with Crippen LogP contribution in [0.4, 0.5) is 5.95 Å². The summed E-state index contributed by atoms with van der Waals surface area (Å²) in [6.07, 6.45) is 0. The molecule has 104 valence electrons. The van der Waals surface area contributed by atoms with Crippen LogP contribution in [0.15, 0.2) is 36.4 Å². The van der Waals surface area contributed by atoms with Crippen molar-refractivity contribution in [3.63, 3.8) is 0 Å². The van der Waals surface area contributed by atoms with E-state index in [1.165, 1.54) is 5.56 Å². The fourth-order valence-electron chi connectivity index (χ4n) is 1.95. The molecule has 2 rings (SSSR count). The molecule has 0 saturated carbocycles. The van der Waals surface area contributed by atoms with Crippen LogP contribution in [0.1, 0.15) is 23.9 Å². The van der Waals surface area contributed by atoms with E-state index in [1.54, 1.807) is 0 Å². The highest BCUT2D eigenvalue weighted by Crippen LogP contribution is 2.14. The van der Waals surface area contributed by atoms with E-state index in [1.807, 2.05) is 31.2 Å². The molecule has 1 heterocycles. The number of aryl methyl sites for hydroxylation is 1. The summed E-state index contributed by atoms with van der Waals surface area (Å²) in [6, 6.07) is 12.1. The zero-order chi connectivity index (χ0) is 14.5. The van der Waals surface area contributed by atoms with Crippen LogP contribution < -0.4 is 10.6 Å². The first-order chi connectivity index (χ1) is 9.60. The zero-order valence-electron chi connectivity index (χ0n) is 11.7. The Bertz CT molecular complexity index is 598. The zero-order valence-corrected chi connectivity index (χ0v) is 12.5. The molecule has 2 aromatic rings. The number of hydrogen-bond donors (Lipinski definition) is 1. The molecule has 0 aliphatic rings. The van der Waals surface area contributed by atoms with Gasteiger partial charge >= 0.3 is 0 Å². The molecule has 20 heavy (non-hydrogen) atoms. The Hall–Kier alpha value is -2.01. The van der Waals surface area contributed by atoms with Crippen LogP contribution in [0.3, 0.4) is 0 Å². The lowest BCUT2D eigenvalue weighted by molar-refractivity contribution is 0.786. The number of aromatic nitrogens is 2. The highest BCUT2D eigenvalue weighted by atomic mass is 32.1. The first-order valence-corrected chi connectivity index (χ1v) is 6.95. The van der Waals surface area contributed by atoms with Gasteiger partial charge in [0.1, 0.15) is 10.7 Å². The number of anilines is 1. The van der Waals surface area contributed by atoms with E-state index in [0.717, 1.165) is 18.8 Å². The normalized spacial score (nSPS) is 10.3. The minimum absolute atomic E-state index is 0.299. The molecule has 1 aromatic heterocycles. The predicted octanol–water partition coefficient (Wildman–Crippen LogP) is 2.45. The average molecular weight is 286 g/mol. The fourth-order valence-corrected chi connectivity index (χ4v) is 2.05. The van der Waals surface area contributed by atoms with E-state index < -0.39 is 0 Å². The Morgan fingerprint density at radius 2 is 1.95 bits per heavy atom. The Balaban J connectivity index is 2.29. The van der Waals surface area contributed by atoms with Crippen molar-refractivity contribution >= 4 is 23.2 Å². The van der Waals surface area contributed by atoms with Crippen molar-refractivity contribution in [3.8, 4) is 0 Å². The average Bonchev–Trinajstić information content (AvgIpc) is 2.45. The van der Waals surface area contributed by atoms with Crippen LogP contribution >= 0.6 is 12.2 Å². The van der Waals surface area contributed by atoms with Crippen molar-refractivity contribution < 1.29 is 0 Å². The molecule has 0 saturated heterocycles. The Labute approximate surface area is 124 Å². The molecule has 0 aliphatic carbocycles. The summed E-state index contributed by atoms with van der Waals surface area (Å²) in [6.45, 7) is 5.57. The van der Waals surface area contributed by atoms with Crippen molar-refractivity contribution in [3.05, 3.63) is 53.3 Å². The maximum Gasteiger partial charge on any atom is 0.226 e. The lowest BCUT2D eigenvalue weighted by Crippen LogP contribution is -2.26. The third-order valence-electron chi connectivity index (χ3n) is 2.98. The number of rotatable bonds is 5. The van der Waals surface area contributed by atoms with Gasteiger partial charge in [-0.15, -0.1) is 0 Å². The molecule has 1 aromatic carbocycles. The van der Waals surface area contributed by atoms with Crippen molar-refractivity contribution in [2.45, 2.75) is 20.4 Å². The van der Waals surface area contributed by atoms with Gasteiger partial charge in [-0.25, -0.2) is 9.97 Å². The molecular formula is C15H18N4S. The van der Waals surface area contributed by atoms with Crippen molar-refractivity contribution in [2.75, 3.05) is 11.4 Å². The van der Waals surface area contributed by atoms with E-state index in [2.05, 4.69) is 33.9 Å². The smallest absolute Gasteiger partial charge is 0.226 e. The van der Waals surface area contributed by atoms with Crippen LogP contribution in [0, 0.1) is 6.92 Å². The summed E-state index contributed by atoms with van der Waals surface area (Å²) in [7, 11) is 0. The van der Waals surface area contributed by atoms with Gasteiger partial charge in [-0.05, 0) is 25.5 Å². The standard InChI is InChI=1S/C15H18N4S/c1-3-19(10-12-7-5-4-6-8-12)15-17-11(2)9-13(18-15)14(16)20/h4-9H,3,10H2,1-2H3,(H2,16,20). The van der Waals surface area contributed by atoms with E-state index in [9.17, 15) is 0 Å². The second kappa shape index (κ2) is 6.43. The van der Waals surface area contributed by atoms with Crippen LogP contribution in [0.5, 0.6) is 0 Å². The topological polar surface area (TPSA) is 55.0 Å². The van der Waals surface area contributed by atoms with Gasteiger partial charge in [0.05, 0.1) is 0 Å². The largest absolute Gasteiger partial charge is 0.388 e. The lowest BCUT2D eigenvalue weighted by atomic mass is 10.2. The van der Waals surface area contributed by atoms with Crippen LogP contribution in [-0.4, -0.2) is 21.5 Å². The molecule has 0 aliphatic heterocycles. The van der Waals surface area contributed by atoms with Gasteiger partial charge in [0.15, 0.2) is 0 Å². The number of thiocarbonyl (C=S) groups is 1. The number of nitrogens with two attached hydrogens (primary N) is 1. The summed E-state index contributed by atoms with van der Waals surface area (Å²) in [4.78, 5) is 11.3. The predicted molar refractivity (Wildman–Crippen MR) is 85.8 cm³/mol. The molecule has 0 fully saturated rings. The summed E-state index contributed by atoms with van der Waals surface area (Å²) in [5.74, 6) is 0.666. The Morgan fingerprint density at radius 1 is 1.25 bits per heavy atom. The highest BCUT2D eigenvalue weighted by Gasteiger charge is 2.11. The number of hydrogen-bond acceptors (Lipinski definition) is 4. The number of benzene rings is 1. The molecule has 2 N–H and O–H groups in total. The molecule has 0 bridgehead atoms. The Morgan fingerprint density at radius 3 is 2.55 bits per heavy atom. The second-order valence-electron chi connectivity index (χ2n) is 4.56. The van der Waals surface area contributed by atoms with E-state index in [0.29, 0.717) is 16.6 Å². The minimum atomic E-state index is 0.299. The molecule has 4 nitrogen and oxygen atoms in total. The molecule has 0 spiro atoms. The van der Waals surface area contributed by atoms with Gasteiger partial charge < -0.3 is 10.6 Å². The summed E-state index contributed by atoms with van der Waals surface area (Å²) in [5, 5.41) is 0. The van der Waals surface area contributed by atoms with Crippen molar-refractivity contribution in [1.29, 1.82) is 0 Å². The molecule has 5 heteroatoms. The van der Waals surface area contributed by atoms with E-state index >= 15 is 0 Å². The van der Waals surface area contributed by atoms with E-state index in [-0.39, 0.29) is 0 Å². The second-order valence-corrected chi connectivity index (χ2v) is 5.00. The van der Waals surface area contributed by atoms with E-state index in [4.69, 9.17) is 18.0 Å². The molecule has 0 atom stereocenters. The monoisotopic (exact) mass is 286 g/mol. The summed E-state index contributed by atoms with van der Waals surface area (Å²) >= 11 is 5.00. The van der Waals surface area contributed by atoms with Crippen LogP contribution in [0.25, 0.3) is 0 Å². The molecular weight excluding hydrogens is 268 g/mol. The van der Waals surface area contributed by atoms with Gasteiger partial charge in [0.2, 0.25) is 5.95 Å². The summed E-state index contributed by atoms with van der Waals surface area (Å²) < 4.78 is 0. The quantitative estimate of drug-likeness (QED) is 0.856. The van der Waals surface area contributed by atoms with Crippen LogP contribution in [-0.2, 0) is 6.54 Å². The Kier molecular flexibility index (Phi) is 4.63. The molecule has 0 unspecified atom stereocenters. The maximum atomic E-state index is 5.67. The molecule has 0 amide bonds. The highest BCUT2D eigenvalue weighted by molar-refractivity contribution is 7.80. The third kappa shape index (κ3) is 3.51. The van der Waals surface area contributed by atoms with Crippen molar-refractivity contribution in [2.24, 2.45) is 5.73 Å². The third-order valence-corrected chi connectivity index (χ3v) is 3.18.